The number of hydrogen-bond donors (Lipinski definition) is 0. The van der Waals surface area contributed by atoms with Crippen LogP contribution in [0.15, 0.2) is 71.6 Å². The molecule has 9 heteroatoms. The summed E-state index contributed by atoms with van der Waals surface area (Å²) in [5.74, 6) is -0.679. The molecule has 3 aromatic rings. The molecule has 1 saturated heterocycles. The van der Waals surface area contributed by atoms with Gasteiger partial charge < -0.3 is 4.90 Å². The SMILES string of the molecule is Cc1ccc(N2C(=O)/C(=C\c3ccc(N(C)C)cc3)S(=O)(=O)[C@H]2c2cccc([N+](=O)[O-])c2)cc1C. The molecule has 0 unspecified atom stereocenters. The summed E-state index contributed by atoms with van der Waals surface area (Å²) in [5.41, 5.74) is 3.68. The number of aryl methyl sites for hydroxylation is 2. The molecule has 1 aliphatic heterocycles. The third kappa shape index (κ3) is 4.42. The molecule has 0 radical (unpaired) electrons. The number of non-ortho nitro benzene ring substituents is 1. The van der Waals surface area contributed by atoms with Crippen molar-refractivity contribution in [2.45, 2.75) is 19.2 Å². The van der Waals surface area contributed by atoms with Crippen molar-refractivity contribution in [1.29, 1.82) is 0 Å². The third-order valence-electron chi connectivity index (χ3n) is 6.11. The van der Waals surface area contributed by atoms with Gasteiger partial charge in [-0.25, -0.2) is 8.42 Å². The molecule has 1 amide bonds. The topological polar surface area (TPSA) is 101 Å². The van der Waals surface area contributed by atoms with Crippen molar-refractivity contribution in [2.75, 3.05) is 23.9 Å². The van der Waals surface area contributed by atoms with E-state index in [1.54, 1.807) is 24.3 Å². The lowest BCUT2D eigenvalue weighted by molar-refractivity contribution is -0.384. The molecule has 1 aliphatic rings. The molecular weight excluding hydrogens is 466 g/mol. The molecule has 180 valence electrons. The van der Waals surface area contributed by atoms with E-state index < -0.39 is 26.0 Å². The molecule has 8 nitrogen and oxygen atoms in total. The summed E-state index contributed by atoms with van der Waals surface area (Å²) >= 11 is 0. The first-order valence-electron chi connectivity index (χ1n) is 10.9. The van der Waals surface area contributed by atoms with Crippen LogP contribution in [0.4, 0.5) is 17.1 Å². The number of sulfone groups is 1. The van der Waals surface area contributed by atoms with Crippen molar-refractivity contribution in [1.82, 2.24) is 0 Å². The van der Waals surface area contributed by atoms with Crippen molar-refractivity contribution >= 4 is 38.9 Å². The van der Waals surface area contributed by atoms with Crippen LogP contribution in [0.1, 0.15) is 27.6 Å². The summed E-state index contributed by atoms with van der Waals surface area (Å²) in [4.78, 5) is 27.2. The Bertz CT molecular complexity index is 1460. The van der Waals surface area contributed by atoms with Crippen LogP contribution in [0.2, 0.25) is 0 Å². The molecule has 3 aromatic carbocycles. The largest absolute Gasteiger partial charge is 0.378 e. The van der Waals surface area contributed by atoms with E-state index in [1.165, 1.54) is 35.2 Å². The van der Waals surface area contributed by atoms with Gasteiger partial charge in [-0.15, -0.1) is 0 Å². The highest BCUT2D eigenvalue weighted by atomic mass is 32.2. The van der Waals surface area contributed by atoms with Gasteiger partial charge in [0.15, 0.2) is 5.37 Å². The Balaban J connectivity index is 1.91. The Labute approximate surface area is 204 Å². The number of anilines is 2. The smallest absolute Gasteiger partial charge is 0.271 e. The summed E-state index contributed by atoms with van der Waals surface area (Å²) in [6, 6.07) is 17.8. The molecular formula is C26H25N3O5S. The number of nitro groups is 1. The number of nitrogens with zero attached hydrogens (tertiary/aromatic N) is 3. The maximum absolute atomic E-state index is 13.8. The maximum Gasteiger partial charge on any atom is 0.271 e. The second-order valence-corrected chi connectivity index (χ2v) is 10.7. The average molecular weight is 492 g/mol. The lowest BCUT2D eigenvalue weighted by atomic mass is 10.1. The molecule has 1 fully saturated rings. The molecule has 0 bridgehead atoms. The second-order valence-electron chi connectivity index (χ2n) is 8.69. The molecule has 4 rings (SSSR count). The van der Waals surface area contributed by atoms with Gasteiger partial charge in [0.1, 0.15) is 4.91 Å². The van der Waals surface area contributed by atoms with E-state index in [0.29, 0.717) is 11.3 Å². The molecule has 0 saturated carbocycles. The quantitative estimate of drug-likeness (QED) is 0.289. The maximum atomic E-state index is 13.8. The highest BCUT2D eigenvalue weighted by molar-refractivity contribution is 7.97. The van der Waals surface area contributed by atoms with Crippen LogP contribution in [-0.4, -0.2) is 33.3 Å². The van der Waals surface area contributed by atoms with E-state index in [0.717, 1.165) is 16.8 Å². The van der Waals surface area contributed by atoms with Crippen molar-refractivity contribution < 1.29 is 18.1 Å². The van der Waals surface area contributed by atoms with Crippen molar-refractivity contribution in [2.24, 2.45) is 0 Å². The number of hydrogen-bond acceptors (Lipinski definition) is 6. The number of amides is 1. The standard InChI is InChI=1S/C26H25N3O5S/c1-17-8-11-22(14-18(17)2)28-25(30)24(15-19-9-12-21(13-10-19)27(3)4)35(33,34)26(28)20-6-5-7-23(16-20)29(31)32/h5-16,26H,1-4H3/b24-15+/t26-/m0/s1. The van der Waals surface area contributed by atoms with Crippen LogP contribution in [0.3, 0.4) is 0 Å². The monoisotopic (exact) mass is 491 g/mol. The van der Waals surface area contributed by atoms with Gasteiger partial charge in [-0.1, -0.05) is 30.3 Å². The zero-order valence-corrected chi connectivity index (χ0v) is 20.6. The molecule has 0 spiro atoms. The molecule has 0 aromatic heterocycles. The number of nitro benzene ring substituents is 1. The minimum Gasteiger partial charge on any atom is -0.378 e. The fourth-order valence-corrected chi connectivity index (χ4v) is 5.90. The van der Waals surface area contributed by atoms with E-state index in [1.807, 2.05) is 51.0 Å². The fourth-order valence-electron chi connectivity index (χ4n) is 4.02. The molecule has 0 N–H and O–H groups in total. The summed E-state index contributed by atoms with van der Waals surface area (Å²) in [6.07, 6.45) is 1.36. The highest BCUT2D eigenvalue weighted by Gasteiger charge is 2.50. The van der Waals surface area contributed by atoms with Crippen LogP contribution in [0, 0.1) is 24.0 Å². The van der Waals surface area contributed by atoms with Gasteiger partial charge in [-0.2, -0.15) is 0 Å². The van der Waals surface area contributed by atoms with Gasteiger partial charge in [0.25, 0.3) is 11.6 Å². The van der Waals surface area contributed by atoms with Crippen LogP contribution in [0.5, 0.6) is 0 Å². The lowest BCUT2D eigenvalue weighted by Gasteiger charge is -2.24. The fraction of sp³-hybridized carbons (Fsp3) is 0.192. The summed E-state index contributed by atoms with van der Waals surface area (Å²) in [6.45, 7) is 3.79. The zero-order valence-electron chi connectivity index (χ0n) is 19.8. The Hall–Kier alpha value is -3.98. The highest BCUT2D eigenvalue weighted by Crippen LogP contribution is 2.44. The van der Waals surface area contributed by atoms with Crippen LogP contribution < -0.4 is 9.80 Å². The second kappa shape index (κ2) is 8.99. The van der Waals surface area contributed by atoms with Gasteiger partial charge in [0, 0.05) is 37.6 Å². The normalized spacial score (nSPS) is 18.2. The number of carbonyl (C=O) groups is 1. The van der Waals surface area contributed by atoms with Gasteiger partial charge >= 0.3 is 0 Å². The predicted molar refractivity (Wildman–Crippen MR) is 137 cm³/mol. The Morgan fingerprint density at radius 1 is 0.971 bits per heavy atom. The van der Waals surface area contributed by atoms with Crippen molar-refractivity contribution in [3.05, 3.63) is 104 Å². The van der Waals surface area contributed by atoms with Gasteiger partial charge in [0.05, 0.1) is 4.92 Å². The van der Waals surface area contributed by atoms with Crippen molar-refractivity contribution in [3.8, 4) is 0 Å². The first-order chi connectivity index (χ1) is 16.5. The number of rotatable bonds is 5. The van der Waals surface area contributed by atoms with E-state index in [9.17, 15) is 23.3 Å². The first kappa shape index (κ1) is 24.2. The molecule has 1 atom stereocenters. The van der Waals surface area contributed by atoms with Crippen LogP contribution in [0.25, 0.3) is 6.08 Å². The lowest BCUT2D eigenvalue weighted by Crippen LogP contribution is -2.29. The summed E-state index contributed by atoms with van der Waals surface area (Å²) < 4.78 is 27.6. The van der Waals surface area contributed by atoms with Gasteiger partial charge in [-0.3, -0.25) is 19.8 Å². The first-order valence-corrected chi connectivity index (χ1v) is 12.4. The molecule has 35 heavy (non-hydrogen) atoms. The third-order valence-corrected chi connectivity index (χ3v) is 8.08. The summed E-state index contributed by atoms with van der Waals surface area (Å²) in [7, 11) is -0.428. The van der Waals surface area contributed by atoms with Crippen molar-refractivity contribution in [3.63, 3.8) is 0 Å². The average Bonchev–Trinajstić information content (AvgIpc) is 3.01. The zero-order chi connectivity index (χ0) is 25.5. The Morgan fingerprint density at radius 2 is 1.66 bits per heavy atom. The Kier molecular flexibility index (Phi) is 6.21. The molecule has 0 aliphatic carbocycles. The van der Waals surface area contributed by atoms with Crippen LogP contribution >= 0.6 is 0 Å². The minimum atomic E-state index is -4.21. The van der Waals surface area contributed by atoms with Gasteiger partial charge in [-0.05, 0) is 66.4 Å². The van der Waals surface area contributed by atoms with Gasteiger partial charge in [0.2, 0.25) is 9.84 Å². The Morgan fingerprint density at radius 3 is 2.26 bits per heavy atom. The van der Waals surface area contributed by atoms with Crippen LogP contribution in [-0.2, 0) is 14.6 Å². The van der Waals surface area contributed by atoms with E-state index in [2.05, 4.69) is 0 Å². The molecule has 1 heterocycles. The van der Waals surface area contributed by atoms with E-state index in [-0.39, 0.29) is 16.2 Å². The number of benzene rings is 3. The minimum absolute atomic E-state index is 0.150. The summed E-state index contributed by atoms with van der Waals surface area (Å²) in [5, 5.41) is 9.94. The van der Waals surface area contributed by atoms with E-state index in [4.69, 9.17) is 0 Å². The predicted octanol–water partition coefficient (Wildman–Crippen LogP) is 4.78. The van der Waals surface area contributed by atoms with E-state index >= 15 is 0 Å². The number of carbonyl (C=O) groups excluding carboxylic acids is 1.